The molecule has 1 aromatic heterocycles. The van der Waals surface area contributed by atoms with Crippen molar-refractivity contribution in [2.75, 3.05) is 26.2 Å². The molecule has 1 atom stereocenters. The summed E-state index contributed by atoms with van der Waals surface area (Å²) in [5, 5.41) is 30.5. The van der Waals surface area contributed by atoms with Crippen LogP contribution in [-0.2, 0) is 34.6 Å². The molecule has 5 aromatic rings. The topological polar surface area (TPSA) is 136 Å². The van der Waals surface area contributed by atoms with Crippen molar-refractivity contribution in [1.29, 1.82) is 0 Å². The van der Waals surface area contributed by atoms with Crippen LogP contribution in [0.5, 0.6) is 11.5 Å². The number of aliphatic hydroxyl groups is 2. The molecule has 11 nitrogen and oxygen atoms in total. The summed E-state index contributed by atoms with van der Waals surface area (Å²) in [5.41, 5.74) is 2.24. The second-order valence-electron chi connectivity index (χ2n) is 15.5. The molecule has 0 saturated heterocycles. The van der Waals surface area contributed by atoms with Gasteiger partial charge in [0.05, 0.1) is 25.9 Å². The highest BCUT2D eigenvalue weighted by atomic mass is 16.7. The number of benzene rings is 4. The van der Waals surface area contributed by atoms with Gasteiger partial charge in [0.15, 0.2) is 11.4 Å². The van der Waals surface area contributed by atoms with E-state index in [2.05, 4.69) is 10.5 Å². The third-order valence-electron chi connectivity index (χ3n) is 9.40. The Morgan fingerprint density at radius 3 is 2.29 bits per heavy atom. The van der Waals surface area contributed by atoms with Crippen LogP contribution in [0.25, 0.3) is 0 Å². The normalized spacial score (nSPS) is 14.3. The molecule has 1 amide bonds. The fourth-order valence-electron chi connectivity index (χ4n) is 6.48. The largest absolute Gasteiger partial charge is 0.494 e. The SMILES string of the molecule is CC(C)(C)OC(=O)N(CCCOc1ccc(CCNC[C@H](O)c2ccc3c(c2)COC(C)(C)O3)cc1)Cc1cc(C(O)(c2ccccc2)c2ccccc2)no1. The van der Waals surface area contributed by atoms with Gasteiger partial charge in [-0.3, -0.25) is 0 Å². The number of carbonyl (C=O) groups is 1. The molecule has 4 aromatic carbocycles. The lowest BCUT2D eigenvalue weighted by Crippen LogP contribution is -2.37. The van der Waals surface area contributed by atoms with E-state index in [1.54, 1.807) is 11.0 Å². The molecule has 3 N–H and O–H groups in total. The van der Waals surface area contributed by atoms with Gasteiger partial charge in [-0.05, 0) is 86.7 Å². The standard InChI is InChI=1S/C45H53N3O8/c1-43(2,3)55-42(50)48(30-38-28-41(47-56-38)45(51,35-13-8-6-9-14-35)36-15-10-7-11-16-36)25-12-26-52-37-20-17-32(18-21-37)23-24-46-29-39(49)33-19-22-40-34(27-33)31-53-44(4,5)54-40/h6-11,13-22,27-28,39,46,49,51H,12,23-26,29-31H2,1-5H3/t39-/m0/s1. The average Bonchev–Trinajstić information content (AvgIpc) is 3.66. The van der Waals surface area contributed by atoms with Gasteiger partial charge in [-0.25, -0.2) is 4.79 Å². The summed E-state index contributed by atoms with van der Waals surface area (Å²) in [6.45, 7) is 11.6. The van der Waals surface area contributed by atoms with Crippen molar-refractivity contribution in [2.45, 2.75) is 83.7 Å². The number of hydrogen-bond donors (Lipinski definition) is 3. The predicted molar refractivity (Wildman–Crippen MR) is 212 cm³/mol. The summed E-state index contributed by atoms with van der Waals surface area (Å²) in [4.78, 5) is 14.9. The Labute approximate surface area is 329 Å². The quantitative estimate of drug-likeness (QED) is 0.0860. The molecule has 56 heavy (non-hydrogen) atoms. The number of aliphatic hydroxyl groups excluding tert-OH is 1. The minimum atomic E-state index is -1.56. The zero-order valence-corrected chi connectivity index (χ0v) is 32.9. The number of amides is 1. The molecule has 1 aliphatic heterocycles. The Balaban J connectivity index is 0.989. The molecule has 6 rings (SSSR count). The lowest BCUT2D eigenvalue weighted by atomic mass is 9.83. The van der Waals surface area contributed by atoms with Crippen LogP contribution in [0.1, 0.15) is 86.4 Å². The molecular weight excluding hydrogens is 711 g/mol. The number of ether oxygens (including phenoxy) is 4. The van der Waals surface area contributed by atoms with Crippen molar-refractivity contribution < 1.29 is 38.5 Å². The van der Waals surface area contributed by atoms with Crippen molar-refractivity contribution in [3.63, 3.8) is 0 Å². The third-order valence-corrected chi connectivity index (χ3v) is 9.40. The van der Waals surface area contributed by atoms with E-state index in [0.717, 1.165) is 34.6 Å². The van der Waals surface area contributed by atoms with E-state index in [1.807, 2.05) is 138 Å². The number of aromatic nitrogens is 1. The molecular formula is C45H53N3O8. The predicted octanol–water partition coefficient (Wildman–Crippen LogP) is 7.68. The maximum absolute atomic E-state index is 13.3. The highest BCUT2D eigenvalue weighted by Crippen LogP contribution is 2.36. The minimum absolute atomic E-state index is 0.0943. The van der Waals surface area contributed by atoms with Gasteiger partial charge in [0.2, 0.25) is 5.79 Å². The van der Waals surface area contributed by atoms with E-state index in [-0.39, 0.29) is 6.54 Å². The lowest BCUT2D eigenvalue weighted by molar-refractivity contribution is -0.180. The minimum Gasteiger partial charge on any atom is -0.494 e. The smallest absolute Gasteiger partial charge is 0.410 e. The molecule has 0 spiro atoms. The first-order chi connectivity index (χ1) is 26.8. The number of rotatable bonds is 16. The van der Waals surface area contributed by atoms with Gasteiger partial charge in [0.25, 0.3) is 0 Å². The van der Waals surface area contributed by atoms with Gasteiger partial charge in [0, 0.05) is 38.6 Å². The van der Waals surface area contributed by atoms with Crippen LogP contribution in [-0.4, -0.2) is 64.0 Å². The first-order valence-corrected chi connectivity index (χ1v) is 19.1. The van der Waals surface area contributed by atoms with Gasteiger partial charge in [-0.2, -0.15) is 0 Å². The van der Waals surface area contributed by atoms with E-state index in [9.17, 15) is 15.0 Å². The van der Waals surface area contributed by atoms with Crippen LogP contribution in [0.4, 0.5) is 4.79 Å². The van der Waals surface area contributed by atoms with Crippen LogP contribution in [0, 0.1) is 0 Å². The Hall–Kier alpha value is -5.20. The van der Waals surface area contributed by atoms with Gasteiger partial charge in [0.1, 0.15) is 22.8 Å². The number of nitrogens with zero attached hydrogens (tertiary/aromatic N) is 2. The van der Waals surface area contributed by atoms with Gasteiger partial charge in [-0.1, -0.05) is 84.0 Å². The number of carbonyl (C=O) groups excluding carboxylic acids is 1. The van der Waals surface area contributed by atoms with Crippen molar-refractivity contribution in [1.82, 2.24) is 15.4 Å². The van der Waals surface area contributed by atoms with Crippen LogP contribution in [0.3, 0.4) is 0 Å². The Kier molecular flexibility index (Phi) is 12.8. The fourth-order valence-corrected chi connectivity index (χ4v) is 6.48. The summed E-state index contributed by atoms with van der Waals surface area (Å²) in [6, 6.07) is 34.0. The van der Waals surface area contributed by atoms with Crippen LogP contribution in [0.2, 0.25) is 0 Å². The monoisotopic (exact) mass is 763 g/mol. The van der Waals surface area contributed by atoms with E-state index in [1.165, 1.54) is 0 Å². The maximum Gasteiger partial charge on any atom is 0.410 e. The second kappa shape index (κ2) is 17.7. The van der Waals surface area contributed by atoms with E-state index in [4.69, 9.17) is 23.5 Å². The molecule has 0 unspecified atom stereocenters. The van der Waals surface area contributed by atoms with Gasteiger partial charge < -0.3 is 43.9 Å². The van der Waals surface area contributed by atoms with E-state index < -0.39 is 29.2 Å². The molecule has 1 aliphatic rings. The second-order valence-corrected chi connectivity index (χ2v) is 15.5. The molecule has 0 bridgehead atoms. The molecule has 0 radical (unpaired) electrons. The molecule has 296 valence electrons. The summed E-state index contributed by atoms with van der Waals surface area (Å²) >= 11 is 0. The molecule has 0 fully saturated rings. The first-order valence-electron chi connectivity index (χ1n) is 19.1. The summed E-state index contributed by atoms with van der Waals surface area (Å²) in [5.74, 6) is 1.27. The average molecular weight is 764 g/mol. The Morgan fingerprint density at radius 1 is 0.946 bits per heavy atom. The first kappa shape index (κ1) is 40.5. The molecule has 0 saturated carbocycles. The lowest BCUT2D eigenvalue weighted by Gasteiger charge is -2.33. The Morgan fingerprint density at radius 2 is 1.62 bits per heavy atom. The number of nitrogens with one attached hydrogen (secondary N) is 1. The van der Waals surface area contributed by atoms with Crippen molar-refractivity contribution in [3.8, 4) is 11.5 Å². The number of fused-ring (bicyclic) bond motifs is 1. The van der Waals surface area contributed by atoms with Crippen molar-refractivity contribution in [3.05, 3.63) is 148 Å². The van der Waals surface area contributed by atoms with Crippen LogP contribution < -0.4 is 14.8 Å². The summed E-state index contributed by atoms with van der Waals surface area (Å²) < 4.78 is 29.1. The van der Waals surface area contributed by atoms with Crippen LogP contribution in [0.15, 0.2) is 114 Å². The zero-order chi connectivity index (χ0) is 39.8. The van der Waals surface area contributed by atoms with Crippen molar-refractivity contribution in [2.24, 2.45) is 0 Å². The third kappa shape index (κ3) is 10.6. The highest BCUT2D eigenvalue weighted by molar-refractivity contribution is 5.68. The molecule has 2 heterocycles. The van der Waals surface area contributed by atoms with E-state index in [0.29, 0.717) is 61.8 Å². The fraction of sp³-hybridized carbons (Fsp3) is 0.378. The summed E-state index contributed by atoms with van der Waals surface area (Å²) in [7, 11) is 0. The highest BCUT2D eigenvalue weighted by Gasteiger charge is 2.37. The van der Waals surface area contributed by atoms with E-state index >= 15 is 0 Å². The van der Waals surface area contributed by atoms with Crippen molar-refractivity contribution >= 4 is 6.09 Å². The molecule has 0 aliphatic carbocycles. The van der Waals surface area contributed by atoms with Crippen LogP contribution >= 0.6 is 0 Å². The Bertz CT molecular complexity index is 1970. The maximum atomic E-state index is 13.3. The number of hydrogen-bond acceptors (Lipinski definition) is 10. The van der Waals surface area contributed by atoms with Gasteiger partial charge >= 0.3 is 6.09 Å². The molecule has 11 heteroatoms. The summed E-state index contributed by atoms with van der Waals surface area (Å²) in [6.07, 6.45) is 0.188. The van der Waals surface area contributed by atoms with Gasteiger partial charge in [-0.15, -0.1) is 0 Å². The zero-order valence-electron chi connectivity index (χ0n) is 32.9.